The normalized spacial score (nSPS) is 34.4. The molecule has 0 aromatic rings. The molecular formula is C12H21NO3. The molecule has 2 fully saturated rings. The predicted octanol–water partition coefficient (Wildman–Crippen LogP) is 1.49. The highest BCUT2D eigenvalue weighted by molar-refractivity contribution is 5.78. The highest BCUT2D eigenvalue weighted by atomic mass is 16.5. The minimum atomic E-state index is -0.725. The van der Waals surface area contributed by atoms with E-state index in [-0.39, 0.29) is 6.10 Å². The fourth-order valence-electron chi connectivity index (χ4n) is 3.02. The Morgan fingerprint density at radius 2 is 2.31 bits per heavy atom. The van der Waals surface area contributed by atoms with Crippen LogP contribution in [0.2, 0.25) is 0 Å². The van der Waals surface area contributed by atoms with Crippen LogP contribution < -0.4 is 0 Å². The number of ether oxygens (including phenoxy) is 1. The number of morpholine rings is 1. The van der Waals surface area contributed by atoms with Gasteiger partial charge in [-0.15, -0.1) is 0 Å². The van der Waals surface area contributed by atoms with E-state index in [9.17, 15) is 9.90 Å². The summed E-state index contributed by atoms with van der Waals surface area (Å²) < 4.78 is 5.72. The predicted molar refractivity (Wildman–Crippen MR) is 60.4 cm³/mol. The van der Waals surface area contributed by atoms with Crippen molar-refractivity contribution in [3.63, 3.8) is 0 Å². The largest absolute Gasteiger partial charge is 0.480 e. The molecule has 0 bridgehead atoms. The summed E-state index contributed by atoms with van der Waals surface area (Å²) in [7, 11) is 0. The molecule has 3 atom stereocenters. The number of carbonyl (C=O) groups is 1. The number of rotatable bonds is 3. The van der Waals surface area contributed by atoms with Gasteiger partial charge in [-0.1, -0.05) is 6.92 Å². The summed E-state index contributed by atoms with van der Waals surface area (Å²) in [5.74, 6) is -0.706. The maximum atomic E-state index is 11.5. The topological polar surface area (TPSA) is 49.8 Å². The van der Waals surface area contributed by atoms with Gasteiger partial charge < -0.3 is 9.84 Å². The third-order valence-corrected chi connectivity index (χ3v) is 4.27. The summed E-state index contributed by atoms with van der Waals surface area (Å²) in [6, 6.07) is 0.315. The molecule has 3 unspecified atom stereocenters. The summed E-state index contributed by atoms with van der Waals surface area (Å²) in [5, 5.41) is 9.42. The standard InChI is InChI=1S/C12H21NO3/c1-3-12(2,11(14)15)13-7-8-16-10-6-4-5-9(10)13/h9-10H,3-8H2,1-2H3,(H,14,15). The molecule has 1 N–H and O–H groups in total. The van der Waals surface area contributed by atoms with Crippen LogP contribution in [-0.4, -0.2) is 46.8 Å². The number of carboxylic acids is 1. The van der Waals surface area contributed by atoms with Gasteiger partial charge in [-0.05, 0) is 32.6 Å². The van der Waals surface area contributed by atoms with Crippen molar-refractivity contribution in [1.82, 2.24) is 4.90 Å². The van der Waals surface area contributed by atoms with E-state index in [4.69, 9.17) is 4.74 Å². The Morgan fingerprint density at radius 1 is 1.56 bits per heavy atom. The molecule has 2 rings (SSSR count). The molecule has 4 heteroatoms. The summed E-state index contributed by atoms with van der Waals surface area (Å²) in [5.41, 5.74) is -0.725. The molecule has 2 aliphatic rings. The quantitative estimate of drug-likeness (QED) is 0.793. The lowest BCUT2D eigenvalue weighted by Gasteiger charge is -2.46. The molecule has 92 valence electrons. The van der Waals surface area contributed by atoms with Gasteiger partial charge in [0.1, 0.15) is 5.54 Å². The Hall–Kier alpha value is -0.610. The van der Waals surface area contributed by atoms with E-state index in [1.54, 1.807) is 0 Å². The molecule has 1 heterocycles. The first kappa shape index (κ1) is 11.9. The second-order valence-electron chi connectivity index (χ2n) is 5.03. The molecule has 1 saturated heterocycles. The Labute approximate surface area is 96.6 Å². The van der Waals surface area contributed by atoms with E-state index in [0.29, 0.717) is 19.1 Å². The van der Waals surface area contributed by atoms with Gasteiger partial charge in [0.05, 0.1) is 12.7 Å². The monoisotopic (exact) mass is 227 g/mol. The van der Waals surface area contributed by atoms with Crippen molar-refractivity contribution in [1.29, 1.82) is 0 Å². The highest BCUT2D eigenvalue weighted by Crippen LogP contribution is 2.35. The maximum Gasteiger partial charge on any atom is 0.323 e. The van der Waals surface area contributed by atoms with Crippen molar-refractivity contribution < 1.29 is 14.6 Å². The zero-order valence-corrected chi connectivity index (χ0v) is 10.1. The van der Waals surface area contributed by atoms with E-state index in [0.717, 1.165) is 25.8 Å². The SMILES string of the molecule is CCC(C)(C(=O)O)N1CCOC2CCCC21. The van der Waals surface area contributed by atoms with Crippen LogP contribution in [0.4, 0.5) is 0 Å². The van der Waals surface area contributed by atoms with Crippen LogP contribution in [0.1, 0.15) is 39.5 Å². The smallest absolute Gasteiger partial charge is 0.323 e. The summed E-state index contributed by atoms with van der Waals surface area (Å²) >= 11 is 0. The van der Waals surface area contributed by atoms with Crippen molar-refractivity contribution in [3.05, 3.63) is 0 Å². The van der Waals surface area contributed by atoms with E-state index in [2.05, 4.69) is 4.90 Å². The Kier molecular flexibility index (Phi) is 3.22. The molecule has 1 aliphatic heterocycles. The average molecular weight is 227 g/mol. The molecule has 0 spiro atoms. The van der Waals surface area contributed by atoms with E-state index in [1.165, 1.54) is 0 Å². The van der Waals surface area contributed by atoms with Gasteiger partial charge in [0.2, 0.25) is 0 Å². The minimum absolute atomic E-state index is 0.263. The molecule has 1 aliphatic carbocycles. The lowest BCUT2D eigenvalue weighted by Crippen LogP contribution is -2.61. The number of hydrogen-bond acceptors (Lipinski definition) is 3. The van der Waals surface area contributed by atoms with Crippen molar-refractivity contribution in [3.8, 4) is 0 Å². The molecule has 0 radical (unpaired) electrons. The lowest BCUT2D eigenvalue weighted by atomic mass is 9.92. The number of carboxylic acid groups (broad SMARTS) is 1. The molecular weight excluding hydrogens is 206 g/mol. The lowest BCUT2D eigenvalue weighted by molar-refractivity contribution is -0.161. The van der Waals surface area contributed by atoms with Gasteiger partial charge >= 0.3 is 5.97 Å². The minimum Gasteiger partial charge on any atom is -0.480 e. The van der Waals surface area contributed by atoms with Crippen LogP contribution in [0.3, 0.4) is 0 Å². The zero-order chi connectivity index (χ0) is 11.8. The summed E-state index contributed by atoms with van der Waals surface area (Å²) in [4.78, 5) is 13.6. The molecule has 0 amide bonds. The first-order valence-electron chi connectivity index (χ1n) is 6.21. The Balaban J connectivity index is 2.20. The summed E-state index contributed by atoms with van der Waals surface area (Å²) in [6.07, 6.45) is 4.23. The van der Waals surface area contributed by atoms with Gasteiger partial charge in [0.25, 0.3) is 0 Å². The maximum absolute atomic E-state index is 11.5. The van der Waals surface area contributed by atoms with Crippen molar-refractivity contribution >= 4 is 5.97 Å². The number of aliphatic carboxylic acids is 1. The van der Waals surface area contributed by atoms with Crippen LogP contribution in [0, 0.1) is 0 Å². The number of fused-ring (bicyclic) bond motifs is 1. The summed E-state index contributed by atoms with van der Waals surface area (Å²) in [6.45, 7) is 5.21. The van der Waals surface area contributed by atoms with E-state index >= 15 is 0 Å². The zero-order valence-electron chi connectivity index (χ0n) is 10.1. The first-order valence-corrected chi connectivity index (χ1v) is 6.21. The molecule has 0 aromatic heterocycles. The van der Waals surface area contributed by atoms with Gasteiger partial charge in [0, 0.05) is 12.6 Å². The van der Waals surface area contributed by atoms with Gasteiger partial charge in [0.15, 0.2) is 0 Å². The second-order valence-corrected chi connectivity index (χ2v) is 5.03. The molecule has 16 heavy (non-hydrogen) atoms. The van der Waals surface area contributed by atoms with Crippen LogP contribution in [-0.2, 0) is 9.53 Å². The fourth-order valence-corrected chi connectivity index (χ4v) is 3.02. The van der Waals surface area contributed by atoms with Crippen LogP contribution >= 0.6 is 0 Å². The van der Waals surface area contributed by atoms with Gasteiger partial charge in [-0.3, -0.25) is 9.69 Å². The first-order chi connectivity index (χ1) is 7.59. The van der Waals surface area contributed by atoms with Gasteiger partial charge in [-0.25, -0.2) is 0 Å². The van der Waals surface area contributed by atoms with E-state index < -0.39 is 11.5 Å². The molecule has 1 saturated carbocycles. The Morgan fingerprint density at radius 3 is 2.94 bits per heavy atom. The third kappa shape index (κ3) is 1.74. The highest BCUT2D eigenvalue weighted by Gasteiger charge is 2.47. The van der Waals surface area contributed by atoms with E-state index in [1.807, 2.05) is 13.8 Å². The average Bonchev–Trinajstić information content (AvgIpc) is 2.75. The van der Waals surface area contributed by atoms with Crippen molar-refractivity contribution in [2.24, 2.45) is 0 Å². The third-order valence-electron chi connectivity index (χ3n) is 4.27. The Bertz CT molecular complexity index is 281. The second kappa shape index (κ2) is 4.34. The van der Waals surface area contributed by atoms with Crippen molar-refractivity contribution in [2.45, 2.75) is 57.2 Å². The number of hydrogen-bond donors (Lipinski definition) is 1. The molecule has 4 nitrogen and oxygen atoms in total. The van der Waals surface area contributed by atoms with Crippen LogP contribution in [0.5, 0.6) is 0 Å². The van der Waals surface area contributed by atoms with Crippen LogP contribution in [0.15, 0.2) is 0 Å². The molecule has 0 aromatic carbocycles. The number of nitrogens with zero attached hydrogens (tertiary/aromatic N) is 1. The van der Waals surface area contributed by atoms with Gasteiger partial charge in [-0.2, -0.15) is 0 Å². The fraction of sp³-hybridized carbons (Fsp3) is 0.917. The van der Waals surface area contributed by atoms with Crippen LogP contribution in [0.25, 0.3) is 0 Å². The van der Waals surface area contributed by atoms with Crippen molar-refractivity contribution in [2.75, 3.05) is 13.2 Å².